The molecule has 2 N–H and O–H groups in total. The van der Waals surface area contributed by atoms with Crippen LogP contribution in [0.15, 0.2) is 42.5 Å². The zero-order valence-corrected chi connectivity index (χ0v) is 13.7. The molecule has 0 bridgehead atoms. The number of hydrogen-bond donors (Lipinski definition) is 2. The van der Waals surface area contributed by atoms with Crippen molar-refractivity contribution < 1.29 is 19.0 Å². The van der Waals surface area contributed by atoms with Crippen molar-refractivity contribution in [2.75, 3.05) is 26.6 Å². The Bertz CT molecular complexity index is 886. The van der Waals surface area contributed by atoms with Gasteiger partial charge in [-0.1, -0.05) is 0 Å². The Labute approximate surface area is 139 Å². The molecule has 6 nitrogen and oxygen atoms in total. The Morgan fingerprint density at radius 2 is 1.62 bits per heavy atom. The van der Waals surface area contributed by atoms with Gasteiger partial charge >= 0.3 is 0 Å². The first kappa shape index (κ1) is 15.7. The number of hydrogen-bond acceptors (Lipinski definition) is 4. The van der Waals surface area contributed by atoms with E-state index in [1.807, 2.05) is 18.2 Å². The fourth-order valence-electron chi connectivity index (χ4n) is 2.45. The number of aromatic amines is 1. The molecular weight excluding hydrogens is 308 g/mol. The Balaban J connectivity index is 1.87. The number of carbonyl (C=O) groups excluding carboxylic acids is 1. The number of methoxy groups -OCH3 is 3. The van der Waals surface area contributed by atoms with E-state index in [2.05, 4.69) is 10.3 Å². The smallest absolute Gasteiger partial charge is 0.272 e. The summed E-state index contributed by atoms with van der Waals surface area (Å²) in [5, 5.41) is 3.77. The number of benzene rings is 2. The average molecular weight is 326 g/mol. The minimum absolute atomic E-state index is 0.256. The van der Waals surface area contributed by atoms with Gasteiger partial charge in [-0.3, -0.25) is 4.79 Å². The Morgan fingerprint density at radius 1 is 0.917 bits per heavy atom. The molecule has 24 heavy (non-hydrogen) atoms. The summed E-state index contributed by atoms with van der Waals surface area (Å²) in [6.45, 7) is 0. The van der Waals surface area contributed by atoms with Gasteiger partial charge in [-0.05, 0) is 30.3 Å². The molecule has 0 aliphatic rings. The van der Waals surface area contributed by atoms with Crippen molar-refractivity contribution in [3.8, 4) is 17.2 Å². The zero-order valence-electron chi connectivity index (χ0n) is 13.7. The van der Waals surface area contributed by atoms with Crippen molar-refractivity contribution in [3.63, 3.8) is 0 Å². The van der Waals surface area contributed by atoms with Crippen LogP contribution in [0.3, 0.4) is 0 Å². The van der Waals surface area contributed by atoms with E-state index >= 15 is 0 Å². The van der Waals surface area contributed by atoms with E-state index in [0.717, 1.165) is 16.7 Å². The lowest BCUT2D eigenvalue weighted by atomic mass is 10.2. The summed E-state index contributed by atoms with van der Waals surface area (Å²) in [6, 6.07) is 12.6. The fourth-order valence-corrected chi connectivity index (χ4v) is 2.45. The summed E-state index contributed by atoms with van der Waals surface area (Å²) in [5.41, 5.74) is 1.86. The van der Waals surface area contributed by atoms with Crippen molar-refractivity contribution in [3.05, 3.63) is 48.2 Å². The first-order chi connectivity index (χ1) is 11.6. The van der Waals surface area contributed by atoms with Crippen LogP contribution >= 0.6 is 0 Å². The molecule has 6 heteroatoms. The molecule has 0 saturated heterocycles. The highest BCUT2D eigenvalue weighted by Gasteiger charge is 2.13. The van der Waals surface area contributed by atoms with Crippen LogP contribution in [0.1, 0.15) is 10.5 Å². The van der Waals surface area contributed by atoms with Crippen LogP contribution in [-0.2, 0) is 0 Å². The quantitative estimate of drug-likeness (QED) is 0.753. The van der Waals surface area contributed by atoms with Crippen LogP contribution in [0.2, 0.25) is 0 Å². The maximum Gasteiger partial charge on any atom is 0.272 e. The third kappa shape index (κ3) is 2.99. The molecule has 0 radical (unpaired) electrons. The van der Waals surface area contributed by atoms with E-state index in [4.69, 9.17) is 14.2 Å². The van der Waals surface area contributed by atoms with Gasteiger partial charge in [-0.2, -0.15) is 0 Å². The van der Waals surface area contributed by atoms with Crippen molar-refractivity contribution in [2.24, 2.45) is 0 Å². The number of carbonyl (C=O) groups is 1. The van der Waals surface area contributed by atoms with E-state index in [9.17, 15) is 4.79 Å². The molecule has 1 aromatic heterocycles. The second kappa shape index (κ2) is 6.54. The molecule has 1 heterocycles. The summed E-state index contributed by atoms with van der Waals surface area (Å²) in [7, 11) is 4.72. The van der Waals surface area contributed by atoms with Gasteiger partial charge in [0.25, 0.3) is 5.91 Å². The van der Waals surface area contributed by atoms with Gasteiger partial charge in [0.15, 0.2) is 0 Å². The van der Waals surface area contributed by atoms with Gasteiger partial charge in [0.05, 0.1) is 27.0 Å². The molecule has 3 rings (SSSR count). The van der Waals surface area contributed by atoms with Crippen LogP contribution in [-0.4, -0.2) is 32.2 Å². The van der Waals surface area contributed by atoms with E-state index in [1.54, 1.807) is 45.6 Å². The van der Waals surface area contributed by atoms with Gasteiger partial charge in [0.2, 0.25) is 0 Å². The van der Waals surface area contributed by atoms with Gasteiger partial charge in [0.1, 0.15) is 22.9 Å². The third-order valence-electron chi connectivity index (χ3n) is 3.73. The summed E-state index contributed by atoms with van der Waals surface area (Å²) in [4.78, 5) is 15.6. The van der Waals surface area contributed by atoms with Crippen molar-refractivity contribution >= 4 is 22.5 Å². The second-order valence-electron chi connectivity index (χ2n) is 5.16. The van der Waals surface area contributed by atoms with E-state index in [0.29, 0.717) is 22.9 Å². The summed E-state index contributed by atoms with van der Waals surface area (Å²) in [6.07, 6.45) is 0. The highest BCUT2D eigenvalue weighted by atomic mass is 16.5. The van der Waals surface area contributed by atoms with Gasteiger partial charge < -0.3 is 24.5 Å². The Morgan fingerprint density at radius 3 is 2.33 bits per heavy atom. The van der Waals surface area contributed by atoms with Crippen LogP contribution in [0.25, 0.3) is 10.9 Å². The molecule has 124 valence electrons. The van der Waals surface area contributed by atoms with Crippen LogP contribution < -0.4 is 19.5 Å². The second-order valence-corrected chi connectivity index (χ2v) is 5.16. The lowest BCUT2D eigenvalue weighted by Crippen LogP contribution is -2.13. The summed E-state index contributed by atoms with van der Waals surface area (Å²) >= 11 is 0. The summed E-state index contributed by atoms with van der Waals surface area (Å²) < 4.78 is 15.6. The van der Waals surface area contributed by atoms with Crippen molar-refractivity contribution in [2.45, 2.75) is 0 Å². The highest BCUT2D eigenvalue weighted by molar-refractivity contribution is 6.06. The van der Waals surface area contributed by atoms with Gasteiger partial charge in [-0.25, -0.2) is 0 Å². The molecule has 3 aromatic rings. The van der Waals surface area contributed by atoms with Crippen molar-refractivity contribution in [1.82, 2.24) is 4.98 Å². The molecule has 0 unspecified atom stereocenters. The number of nitrogens with one attached hydrogen (secondary N) is 2. The fraction of sp³-hybridized carbons (Fsp3) is 0.167. The number of fused-ring (bicyclic) bond motifs is 1. The lowest BCUT2D eigenvalue weighted by molar-refractivity contribution is 0.102. The largest absolute Gasteiger partial charge is 0.497 e. The van der Waals surface area contributed by atoms with Crippen LogP contribution in [0.4, 0.5) is 5.69 Å². The molecule has 0 aliphatic heterocycles. The summed E-state index contributed by atoms with van der Waals surface area (Å²) in [5.74, 6) is 1.66. The zero-order chi connectivity index (χ0) is 17.1. The third-order valence-corrected chi connectivity index (χ3v) is 3.73. The Kier molecular flexibility index (Phi) is 4.29. The topological polar surface area (TPSA) is 72.6 Å². The minimum Gasteiger partial charge on any atom is -0.497 e. The Hall–Kier alpha value is -3.15. The van der Waals surface area contributed by atoms with E-state index in [1.165, 1.54) is 0 Å². The normalized spacial score (nSPS) is 10.5. The molecule has 0 atom stereocenters. The predicted octanol–water partition coefficient (Wildman–Crippen LogP) is 3.45. The maximum absolute atomic E-state index is 12.5. The lowest BCUT2D eigenvalue weighted by Gasteiger charge is -2.11. The molecule has 1 amide bonds. The number of amides is 1. The number of H-pyrrole nitrogens is 1. The number of anilines is 1. The van der Waals surface area contributed by atoms with Gasteiger partial charge in [-0.15, -0.1) is 0 Å². The standard InChI is InChI=1S/C18H18N2O4/c1-22-12-5-4-11-8-16(19-15(11)9-12)18(21)20-14-7-6-13(23-2)10-17(14)24-3/h4-10,19H,1-3H3,(H,20,21). The van der Waals surface area contributed by atoms with Crippen molar-refractivity contribution in [1.29, 1.82) is 0 Å². The van der Waals surface area contributed by atoms with E-state index < -0.39 is 0 Å². The molecule has 0 saturated carbocycles. The molecule has 0 aliphatic carbocycles. The van der Waals surface area contributed by atoms with Gasteiger partial charge in [0, 0.05) is 23.0 Å². The maximum atomic E-state index is 12.5. The molecule has 0 fully saturated rings. The van der Waals surface area contributed by atoms with Crippen LogP contribution in [0.5, 0.6) is 17.2 Å². The molecular formula is C18H18N2O4. The first-order valence-corrected chi connectivity index (χ1v) is 7.34. The molecule has 0 spiro atoms. The van der Waals surface area contributed by atoms with Crippen LogP contribution in [0, 0.1) is 0 Å². The monoisotopic (exact) mass is 326 g/mol. The molecule has 2 aromatic carbocycles. The first-order valence-electron chi connectivity index (χ1n) is 7.34. The number of aromatic nitrogens is 1. The minimum atomic E-state index is -0.256. The highest BCUT2D eigenvalue weighted by Crippen LogP contribution is 2.29. The number of ether oxygens (including phenoxy) is 3. The average Bonchev–Trinajstić information content (AvgIpc) is 3.05. The predicted molar refractivity (Wildman–Crippen MR) is 92.3 cm³/mol. The number of rotatable bonds is 5. The SMILES string of the molecule is COc1ccc(NC(=O)c2cc3ccc(OC)cc3[nH]2)c(OC)c1. The van der Waals surface area contributed by atoms with E-state index in [-0.39, 0.29) is 5.91 Å².